The van der Waals surface area contributed by atoms with E-state index in [4.69, 9.17) is 5.73 Å². The first kappa shape index (κ1) is 15.5. The fraction of sp³-hybridized carbons (Fsp3) is 0.368. The Balaban J connectivity index is 1.73. The molecule has 120 valence electrons. The quantitative estimate of drug-likeness (QED) is 0.674. The third kappa shape index (κ3) is 3.89. The number of hydrogen-bond donors (Lipinski definition) is 2. The number of fused-ring (bicyclic) bond motifs is 1. The van der Waals surface area contributed by atoms with E-state index >= 15 is 0 Å². The highest BCUT2D eigenvalue weighted by Crippen LogP contribution is 2.27. The smallest absolute Gasteiger partial charge is 0.193 e. The number of guanidine groups is 1. The number of aliphatic imine (C=N–C) groups is 1. The van der Waals surface area contributed by atoms with Gasteiger partial charge in [0.25, 0.3) is 0 Å². The average molecular weight is 308 g/mol. The second-order valence-electron chi connectivity index (χ2n) is 6.23. The highest BCUT2D eigenvalue weighted by Gasteiger charge is 2.13. The van der Waals surface area contributed by atoms with Gasteiger partial charge in [0, 0.05) is 17.1 Å². The lowest BCUT2D eigenvalue weighted by atomic mass is 9.90. The highest BCUT2D eigenvalue weighted by molar-refractivity contribution is 5.93. The summed E-state index contributed by atoms with van der Waals surface area (Å²) in [6.07, 6.45) is 4.81. The number of nitrogens with two attached hydrogens (primary N) is 1. The number of benzene rings is 1. The van der Waals surface area contributed by atoms with Gasteiger partial charge in [0.1, 0.15) is 0 Å². The van der Waals surface area contributed by atoms with Gasteiger partial charge in [0.05, 0.1) is 6.54 Å². The molecule has 0 fully saturated rings. The normalized spacial score (nSPS) is 14.4. The third-order valence-corrected chi connectivity index (χ3v) is 4.23. The van der Waals surface area contributed by atoms with E-state index in [2.05, 4.69) is 33.5 Å². The Morgan fingerprint density at radius 1 is 1.17 bits per heavy atom. The number of nitrogens with one attached hydrogen (secondary N) is 1. The lowest BCUT2D eigenvalue weighted by Crippen LogP contribution is -2.24. The molecule has 0 atom stereocenters. The van der Waals surface area contributed by atoms with Crippen LogP contribution in [0.4, 0.5) is 5.69 Å². The minimum Gasteiger partial charge on any atom is -0.370 e. The Labute approximate surface area is 137 Å². The summed E-state index contributed by atoms with van der Waals surface area (Å²) in [5.74, 6) is 0.469. The van der Waals surface area contributed by atoms with Crippen LogP contribution >= 0.6 is 0 Å². The van der Waals surface area contributed by atoms with E-state index in [1.807, 2.05) is 26.0 Å². The number of nitrogens with zero attached hydrogens (tertiary/aromatic N) is 2. The largest absolute Gasteiger partial charge is 0.370 e. The number of hydrogen-bond acceptors (Lipinski definition) is 2. The van der Waals surface area contributed by atoms with E-state index < -0.39 is 0 Å². The summed E-state index contributed by atoms with van der Waals surface area (Å²) in [5.41, 5.74) is 13.2. The molecule has 23 heavy (non-hydrogen) atoms. The summed E-state index contributed by atoms with van der Waals surface area (Å²) in [7, 11) is 0. The molecule has 0 radical (unpaired) electrons. The Bertz CT molecular complexity index is 714. The van der Waals surface area contributed by atoms with Crippen LogP contribution in [0.1, 0.15) is 40.9 Å². The van der Waals surface area contributed by atoms with Crippen LogP contribution in [0.2, 0.25) is 0 Å². The molecule has 0 saturated carbocycles. The zero-order valence-electron chi connectivity index (χ0n) is 13.9. The summed E-state index contributed by atoms with van der Waals surface area (Å²) in [6, 6.07) is 10.5. The number of pyridine rings is 1. The molecule has 0 aliphatic heterocycles. The van der Waals surface area contributed by atoms with Crippen LogP contribution in [0, 0.1) is 13.8 Å². The SMILES string of the molecule is Cc1cc(CN=C(N)Nc2cccc3c2CCCC3)cc(C)n1. The van der Waals surface area contributed by atoms with Crippen molar-refractivity contribution in [1.82, 2.24) is 4.98 Å². The molecule has 3 N–H and O–H groups in total. The first-order valence-corrected chi connectivity index (χ1v) is 8.24. The summed E-state index contributed by atoms with van der Waals surface area (Å²) in [5, 5.41) is 3.28. The van der Waals surface area contributed by atoms with Gasteiger partial charge in [0.15, 0.2) is 5.96 Å². The van der Waals surface area contributed by atoms with Gasteiger partial charge in [0.2, 0.25) is 0 Å². The van der Waals surface area contributed by atoms with Gasteiger partial charge in [-0.05, 0) is 74.4 Å². The van der Waals surface area contributed by atoms with Crippen LogP contribution < -0.4 is 11.1 Å². The predicted molar refractivity (Wildman–Crippen MR) is 95.7 cm³/mol. The second-order valence-corrected chi connectivity index (χ2v) is 6.23. The van der Waals surface area contributed by atoms with Crippen LogP contribution in [0.15, 0.2) is 35.3 Å². The van der Waals surface area contributed by atoms with Crippen LogP contribution in [0.5, 0.6) is 0 Å². The molecule has 4 heteroatoms. The van der Waals surface area contributed by atoms with Gasteiger partial charge in [-0.15, -0.1) is 0 Å². The van der Waals surface area contributed by atoms with E-state index in [-0.39, 0.29) is 0 Å². The van der Waals surface area contributed by atoms with Gasteiger partial charge >= 0.3 is 0 Å². The van der Waals surface area contributed by atoms with Crippen LogP contribution in [-0.4, -0.2) is 10.9 Å². The molecular formula is C19H24N4. The number of aromatic nitrogens is 1. The van der Waals surface area contributed by atoms with E-state index in [0.29, 0.717) is 12.5 Å². The molecule has 1 aliphatic carbocycles. The van der Waals surface area contributed by atoms with Gasteiger partial charge in [-0.3, -0.25) is 4.98 Å². The Hall–Kier alpha value is -2.36. The second kappa shape index (κ2) is 6.82. The number of rotatable bonds is 3. The Morgan fingerprint density at radius 2 is 1.91 bits per heavy atom. The minimum atomic E-state index is 0.469. The summed E-state index contributed by atoms with van der Waals surface area (Å²) < 4.78 is 0. The van der Waals surface area contributed by atoms with Crippen molar-refractivity contribution >= 4 is 11.6 Å². The van der Waals surface area contributed by atoms with E-state index in [0.717, 1.165) is 35.5 Å². The van der Waals surface area contributed by atoms with Crippen LogP contribution in [0.25, 0.3) is 0 Å². The monoisotopic (exact) mass is 308 g/mol. The minimum absolute atomic E-state index is 0.469. The van der Waals surface area contributed by atoms with E-state index in [1.54, 1.807) is 0 Å². The van der Waals surface area contributed by atoms with E-state index in [9.17, 15) is 0 Å². The van der Waals surface area contributed by atoms with Crippen LogP contribution in [0.3, 0.4) is 0 Å². The molecule has 1 aliphatic rings. The average Bonchev–Trinajstić information content (AvgIpc) is 2.52. The summed E-state index contributed by atoms with van der Waals surface area (Å²) in [6.45, 7) is 4.56. The van der Waals surface area contributed by atoms with Gasteiger partial charge < -0.3 is 11.1 Å². The maximum Gasteiger partial charge on any atom is 0.193 e. The lowest BCUT2D eigenvalue weighted by molar-refractivity contribution is 0.687. The maximum atomic E-state index is 6.09. The topological polar surface area (TPSA) is 63.3 Å². The lowest BCUT2D eigenvalue weighted by Gasteiger charge is -2.19. The zero-order valence-corrected chi connectivity index (χ0v) is 13.9. The fourth-order valence-corrected chi connectivity index (χ4v) is 3.26. The first-order chi connectivity index (χ1) is 11.1. The van der Waals surface area contributed by atoms with E-state index in [1.165, 1.54) is 24.0 Å². The molecular weight excluding hydrogens is 284 g/mol. The zero-order chi connectivity index (χ0) is 16.2. The fourth-order valence-electron chi connectivity index (χ4n) is 3.26. The predicted octanol–water partition coefficient (Wildman–Crippen LogP) is 3.50. The Kier molecular flexibility index (Phi) is 4.60. The molecule has 1 aromatic heterocycles. The first-order valence-electron chi connectivity index (χ1n) is 8.24. The molecule has 0 bridgehead atoms. The molecule has 0 amide bonds. The maximum absolute atomic E-state index is 6.09. The molecule has 1 heterocycles. The van der Waals surface area contributed by atoms with Crippen molar-refractivity contribution in [2.24, 2.45) is 10.7 Å². The number of anilines is 1. The van der Waals surface area contributed by atoms with Crippen molar-refractivity contribution in [3.8, 4) is 0 Å². The molecule has 2 aromatic rings. The molecule has 1 aromatic carbocycles. The van der Waals surface area contributed by atoms with Gasteiger partial charge in [-0.1, -0.05) is 12.1 Å². The molecule has 4 nitrogen and oxygen atoms in total. The van der Waals surface area contributed by atoms with Crippen molar-refractivity contribution in [3.05, 3.63) is 58.4 Å². The molecule has 0 spiro atoms. The van der Waals surface area contributed by atoms with Crippen molar-refractivity contribution in [2.75, 3.05) is 5.32 Å². The molecule has 0 saturated heterocycles. The van der Waals surface area contributed by atoms with Crippen molar-refractivity contribution in [2.45, 2.75) is 46.1 Å². The van der Waals surface area contributed by atoms with Gasteiger partial charge in [-0.25, -0.2) is 4.99 Å². The molecule has 3 rings (SSSR count). The van der Waals surface area contributed by atoms with Crippen LogP contribution in [-0.2, 0) is 19.4 Å². The third-order valence-electron chi connectivity index (χ3n) is 4.23. The Morgan fingerprint density at radius 3 is 2.70 bits per heavy atom. The van der Waals surface area contributed by atoms with Crippen molar-refractivity contribution in [3.63, 3.8) is 0 Å². The standard InChI is InChI=1S/C19H24N4/c1-13-10-15(11-14(2)22-13)12-21-19(20)23-18-9-5-7-16-6-3-4-8-17(16)18/h5,7,9-11H,3-4,6,8,12H2,1-2H3,(H3,20,21,23). The van der Waals surface area contributed by atoms with Crippen molar-refractivity contribution in [1.29, 1.82) is 0 Å². The highest BCUT2D eigenvalue weighted by atomic mass is 15.1. The molecule has 0 unspecified atom stereocenters. The van der Waals surface area contributed by atoms with Gasteiger partial charge in [-0.2, -0.15) is 0 Å². The summed E-state index contributed by atoms with van der Waals surface area (Å²) in [4.78, 5) is 8.86. The summed E-state index contributed by atoms with van der Waals surface area (Å²) >= 11 is 0. The number of aryl methyl sites for hydroxylation is 3. The van der Waals surface area contributed by atoms with Crippen molar-refractivity contribution < 1.29 is 0 Å².